The largest absolute Gasteiger partial charge is 0.497 e. The van der Waals surface area contributed by atoms with E-state index in [2.05, 4.69) is 36.7 Å². The summed E-state index contributed by atoms with van der Waals surface area (Å²) in [5, 5.41) is 1.27. The molecular weight excluding hydrogens is 238 g/mol. The highest BCUT2D eigenvalue weighted by molar-refractivity contribution is 5.95. The quantitative estimate of drug-likeness (QED) is 0.783. The van der Waals surface area contributed by atoms with Gasteiger partial charge in [-0.25, -0.2) is 0 Å². The van der Waals surface area contributed by atoms with Gasteiger partial charge < -0.3 is 14.0 Å². The lowest BCUT2D eigenvalue weighted by Gasteiger charge is -2.12. The molecule has 0 amide bonds. The van der Waals surface area contributed by atoms with E-state index in [0.29, 0.717) is 6.61 Å². The molecule has 1 aliphatic rings. The number of allylic oxidation sites excluding steroid dienone is 1. The molecule has 1 aliphatic heterocycles. The Labute approximate surface area is 113 Å². The first-order valence-corrected chi connectivity index (χ1v) is 6.62. The maximum absolute atomic E-state index is 5.58. The second kappa shape index (κ2) is 4.74. The fourth-order valence-corrected chi connectivity index (χ4v) is 2.87. The van der Waals surface area contributed by atoms with Gasteiger partial charge in [0.2, 0.25) is 0 Å². The maximum atomic E-state index is 5.58. The van der Waals surface area contributed by atoms with Gasteiger partial charge in [-0.15, -0.1) is 0 Å². The van der Waals surface area contributed by atoms with Crippen molar-refractivity contribution in [3.8, 4) is 5.75 Å². The minimum Gasteiger partial charge on any atom is -0.497 e. The SMILES string of the molecule is COc1ccc2c(c1)c1c(n2C)CCOC/C=C\1C. The van der Waals surface area contributed by atoms with Gasteiger partial charge >= 0.3 is 0 Å². The van der Waals surface area contributed by atoms with Crippen LogP contribution >= 0.6 is 0 Å². The minimum atomic E-state index is 0.700. The molecule has 2 aromatic rings. The van der Waals surface area contributed by atoms with Gasteiger partial charge in [0.25, 0.3) is 0 Å². The van der Waals surface area contributed by atoms with Gasteiger partial charge in [0.05, 0.1) is 20.3 Å². The third kappa shape index (κ3) is 1.94. The molecule has 100 valence electrons. The second-order valence-electron chi connectivity index (χ2n) is 4.98. The van der Waals surface area contributed by atoms with Crippen LogP contribution in [-0.4, -0.2) is 24.9 Å². The molecule has 0 atom stereocenters. The van der Waals surface area contributed by atoms with Crippen molar-refractivity contribution in [1.82, 2.24) is 4.57 Å². The molecule has 1 aromatic heterocycles. The van der Waals surface area contributed by atoms with E-state index in [0.717, 1.165) is 18.8 Å². The smallest absolute Gasteiger partial charge is 0.119 e. The van der Waals surface area contributed by atoms with E-state index >= 15 is 0 Å². The predicted molar refractivity (Wildman–Crippen MR) is 77.6 cm³/mol. The molecule has 2 heterocycles. The van der Waals surface area contributed by atoms with E-state index in [1.807, 2.05) is 6.07 Å². The summed E-state index contributed by atoms with van der Waals surface area (Å²) in [7, 11) is 3.84. The zero-order valence-corrected chi connectivity index (χ0v) is 11.7. The normalized spacial score (nSPS) is 18.4. The van der Waals surface area contributed by atoms with E-state index in [4.69, 9.17) is 9.47 Å². The summed E-state index contributed by atoms with van der Waals surface area (Å²) in [6.07, 6.45) is 3.12. The lowest BCUT2D eigenvalue weighted by atomic mass is 10.0. The minimum absolute atomic E-state index is 0.700. The van der Waals surface area contributed by atoms with Crippen molar-refractivity contribution in [3.63, 3.8) is 0 Å². The fourth-order valence-electron chi connectivity index (χ4n) is 2.87. The number of benzene rings is 1. The van der Waals surface area contributed by atoms with Crippen LogP contribution in [0.4, 0.5) is 0 Å². The Hall–Kier alpha value is -1.74. The predicted octanol–water partition coefficient (Wildman–Crippen LogP) is 3.16. The van der Waals surface area contributed by atoms with E-state index in [9.17, 15) is 0 Å². The highest BCUT2D eigenvalue weighted by Gasteiger charge is 2.17. The molecule has 3 nitrogen and oxygen atoms in total. The second-order valence-corrected chi connectivity index (χ2v) is 4.98. The molecule has 0 N–H and O–H groups in total. The number of hydrogen-bond acceptors (Lipinski definition) is 2. The van der Waals surface area contributed by atoms with Crippen molar-refractivity contribution in [3.05, 3.63) is 35.5 Å². The standard InChI is InChI=1S/C16H19NO2/c1-11-6-8-19-9-7-15-16(11)13-10-12(18-3)4-5-14(13)17(15)2/h4-6,10H,7-9H2,1-3H3/b11-6-. The lowest BCUT2D eigenvalue weighted by Crippen LogP contribution is -2.07. The number of aryl methyl sites for hydroxylation is 1. The summed E-state index contributed by atoms with van der Waals surface area (Å²) in [5.74, 6) is 0.909. The van der Waals surface area contributed by atoms with Crippen LogP contribution in [0.1, 0.15) is 18.2 Å². The van der Waals surface area contributed by atoms with Gasteiger partial charge in [-0.05, 0) is 30.7 Å². The fraction of sp³-hybridized carbons (Fsp3) is 0.375. The summed E-state index contributed by atoms with van der Waals surface area (Å²) in [6.45, 7) is 3.64. The van der Waals surface area contributed by atoms with Gasteiger partial charge in [0, 0.05) is 35.6 Å². The van der Waals surface area contributed by atoms with Crippen LogP contribution in [0, 0.1) is 0 Å². The van der Waals surface area contributed by atoms with Crippen LogP contribution in [0.15, 0.2) is 24.3 Å². The highest BCUT2D eigenvalue weighted by atomic mass is 16.5. The summed E-state index contributed by atoms with van der Waals surface area (Å²) in [5.41, 5.74) is 5.23. The molecule has 0 bridgehead atoms. The van der Waals surface area contributed by atoms with E-state index in [1.54, 1.807) is 7.11 Å². The van der Waals surface area contributed by atoms with Gasteiger partial charge in [-0.2, -0.15) is 0 Å². The molecule has 3 rings (SSSR count). The molecule has 0 saturated heterocycles. The molecule has 0 aliphatic carbocycles. The first kappa shape index (κ1) is 12.3. The number of methoxy groups -OCH3 is 1. The Morgan fingerprint density at radius 3 is 2.95 bits per heavy atom. The van der Waals surface area contributed by atoms with Crippen LogP contribution in [0.25, 0.3) is 16.5 Å². The van der Waals surface area contributed by atoms with Gasteiger partial charge in [0.15, 0.2) is 0 Å². The summed E-state index contributed by atoms with van der Waals surface area (Å²) in [4.78, 5) is 0. The third-order valence-corrected chi connectivity index (χ3v) is 3.91. The van der Waals surface area contributed by atoms with Crippen molar-refractivity contribution in [2.75, 3.05) is 20.3 Å². The first-order chi connectivity index (χ1) is 9.22. The topological polar surface area (TPSA) is 23.4 Å². The molecule has 3 heteroatoms. The van der Waals surface area contributed by atoms with Crippen molar-refractivity contribution in [1.29, 1.82) is 0 Å². The average molecular weight is 257 g/mol. The van der Waals surface area contributed by atoms with Crippen molar-refractivity contribution < 1.29 is 9.47 Å². The summed E-state index contributed by atoms with van der Waals surface area (Å²) in [6, 6.07) is 6.28. The van der Waals surface area contributed by atoms with Gasteiger partial charge in [0.1, 0.15) is 5.75 Å². The van der Waals surface area contributed by atoms with E-state index in [-0.39, 0.29) is 0 Å². The monoisotopic (exact) mass is 257 g/mol. The Bertz CT molecular complexity index is 652. The molecular formula is C16H19NO2. The molecule has 0 saturated carbocycles. The number of rotatable bonds is 1. The van der Waals surface area contributed by atoms with Crippen LogP contribution in [0.5, 0.6) is 5.75 Å². The number of fused-ring (bicyclic) bond motifs is 3. The van der Waals surface area contributed by atoms with Crippen molar-refractivity contribution >= 4 is 16.5 Å². The Kier molecular flexibility index (Phi) is 3.07. The van der Waals surface area contributed by atoms with Crippen LogP contribution in [-0.2, 0) is 18.2 Å². The zero-order chi connectivity index (χ0) is 13.4. The Balaban J connectivity index is 2.33. The molecule has 0 unspecified atom stereocenters. The lowest BCUT2D eigenvalue weighted by molar-refractivity contribution is 0.164. The third-order valence-electron chi connectivity index (χ3n) is 3.91. The summed E-state index contributed by atoms with van der Waals surface area (Å²) >= 11 is 0. The van der Waals surface area contributed by atoms with Crippen molar-refractivity contribution in [2.24, 2.45) is 7.05 Å². The molecule has 1 aromatic carbocycles. The molecule has 0 radical (unpaired) electrons. The average Bonchev–Trinajstić information content (AvgIpc) is 2.67. The zero-order valence-electron chi connectivity index (χ0n) is 11.7. The number of ether oxygens (including phenoxy) is 2. The maximum Gasteiger partial charge on any atom is 0.119 e. The van der Waals surface area contributed by atoms with E-state index < -0.39 is 0 Å². The molecule has 0 spiro atoms. The molecule has 19 heavy (non-hydrogen) atoms. The van der Waals surface area contributed by atoms with Crippen LogP contribution in [0.3, 0.4) is 0 Å². The highest BCUT2D eigenvalue weighted by Crippen LogP contribution is 2.34. The number of aromatic nitrogens is 1. The number of nitrogens with zero attached hydrogens (tertiary/aromatic N) is 1. The van der Waals surface area contributed by atoms with E-state index in [1.165, 1.54) is 27.7 Å². The van der Waals surface area contributed by atoms with Crippen LogP contribution < -0.4 is 4.74 Å². The van der Waals surface area contributed by atoms with Gasteiger partial charge in [-0.1, -0.05) is 6.08 Å². The Morgan fingerprint density at radius 1 is 1.32 bits per heavy atom. The van der Waals surface area contributed by atoms with Crippen LogP contribution in [0.2, 0.25) is 0 Å². The molecule has 0 fully saturated rings. The number of hydrogen-bond donors (Lipinski definition) is 0. The van der Waals surface area contributed by atoms with Gasteiger partial charge in [-0.3, -0.25) is 0 Å². The summed E-state index contributed by atoms with van der Waals surface area (Å²) < 4.78 is 13.2. The Morgan fingerprint density at radius 2 is 2.16 bits per heavy atom. The first-order valence-electron chi connectivity index (χ1n) is 6.62. The van der Waals surface area contributed by atoms with Crippen molar-refractivity contribution in [2.45, 2.75) is 13.3 Å².